The van der Waals surface area contributed by atoms with Crippen LogP contribution in [0.3, 0.4) is 0 Å². The van der Waals surface area contributed by atoms with Crippen molar-refractivity contribution in [3.63, 3.8) is 0 Å². The molecule has 0 radical (unpaired) electrons. The van der Waals surface area contributed by atoms with Gasteiger partial charge in [-0.05, 0) is 25.0 Å². The van der Waals surface area contributed by atoms with Gasteiger partial charge in [0.05, 0.1) is 0 Å². The monoisotopic (exact) mass is 302 g/mol. The van der Waals surface area contributed by atoms with Crippen molar-refractivity contribution in [1.82, 2.24) is 4.90 Å². The highest BCUT2D eigenvalue weighted by Crippen LogP contribution is 2.31. The van der Waals surface area contributed by atoms with E-state index >= 15 is 0 Å². The Kier molecular flexibility index (Phi) is 3.99. The molecule has 108 valence electrons. The Balaban J connectivity index is 2.17. The summed E-state index contributed by atoms with van der Waals surface area (Å²) in [6, 6.07) is 5.66. The third kappa shape index (κ3) is 3.69. The minimum Gasteiger partial charge on any atom is -0.389 e. The van der Waals surface area contributed by atoms with E-state index in [0.717, 1.165) is 4.90 Å². The van der Waals surface area contributed by atoms with Crippen LogP contribution < -0.4 is 5.73 Å². The third-order valence-corrected chi connectivity index (χ3v) is 3.25. The largest absolute Gasteiger partial charge is 0.406 e. The van der Waals surface area contributed by atoms with Gasteiger partial charge in [0, 0.05) is 17.2 Å². The molecule has 0 saturated heterocycles. The molecule has 0 aromatic heterocycles. The summed E-state index contributed by atoms with van der Waals surface area (Å²) in [4.78, 5) is 13.2. The van der Waals surface area contributed by atoms with Gasteiger partial charge in [-0.1, -0.05) is 24.4 Å². The first-order valence-electron chi connectivity index (χ1n) is 6.05. The van der Waals surface area contributed by atoms with Crippen molar-refractivity contribution < 1.29 is 18.0 Å². The van der Waals surface area contributed by atoms with Crippen LogP contribution in [0.4, 0.5) is 13.2 Å². The van der Waals surface area contributed by atoms with E-state index in [1.807, 2.05) is 0 Å². The molecule has 1 aromatic carbocycles. The highest BCUT2D eigenvalue weighted by Gasteiger charge is 2.40. The maximum absolute atomic E-state index is 12.5. The third-order valence-electron chi connectivity index (χ3n) is 3.01. The fraction of sp³-hybridized carbons (Fsp3) is 0.385. The van der Waals surface area contributed by atoms with Crippen molar-refractivity contribution in [2.45, 2.75) is 25.1 Å². The lowest BCUT2D eigenvalue weighted by Crippen LogP contribution is -2.40. The minimum atomic E-state index is -4.39. The molecule has 1 saturated carbocycles. The highest BCUT2D eigenvalue weighted by atomic mass is 32.1. The molecule has 3 nitrogen and oxygen atoms in total. The maximum Gasteiger partial charge on any atom is 0.406 e. The number of thiocarbonyl (C=S) groups is 1. The van der Waals surface area contributed by atoms with Crippen LogP contribution >= 0.6 is 12.2 Å². The van der Waals surface area contributed by atoms with Crippen LogP contribution in [-0.2, 0) is 0 Å². The first-order valence-corrected chi connectivity index (χ1v) is 6.46. The number of rotatable bonds is 4. The van der Waals surface area contributed by atoms with Crippen LogP contribution in [0.1, 0.15) is 28.8 Å². The van der Waals surface area contributed by atoms with Crippen molar-refractivity contribution in [3.8, 4) is 0 Å². The molecule has 2 rings (SSSR count). The van der Waals surface area contributed by atoms with Crippen molar-refractivity contribution >= 4 is 23.1 Å². The Morgan fingerprint density at radius 2 is 1.75 bits per heavy atom. The molecule has 2 N–H and O–H groups in total. The normalized spacial score (nSPS) is 14.9. The average molecular weight is 302 g/mol. The molecule has 0 atom stereocenters. The lowest BCUT2D eigenvalue weighted by molar-refractivity contribution is -0.141. The number of hydrogen-bond acceptors (Lipinski definition) is 2. The zero-order valence-electron chi connectivity index (χ0n) is 10.5. The summed E-state index contributed by atoms with van der Waals surface area (Å²) in [6.07, 6.45) is -3.16. The minimum absolute atomic E-state index is 0.179. The summed E-state index contributed by atoms with van der Waals surface area (Å²) >= 11 is 4.78. The SMILES string of the molecule is NC(=S)c1ccc(C(=O)N(CC(F)(F)F)C2CC2)cc1. The zero-order valence-corrected chi connectivity index (χ0v) is 11.3. The Hall–Kier alpha value is -1.63. The second-order valence-electron chi connectivity index (χ2n) is 4.72. The van der Waals surface area contributed by atoms with Crippen molar-refractivity contribution in [1.29, 1.82) is 0 Å². The number of carbonyl (C=O) groups is 1. The number of hydrogen-bond donors (Lipinski definition) is 1. The van der Waals surface area contributed by atoms with Crippen molar-refractivity contribution in [3.05, 3.63) is 35.4 Å². The van der Waals surface area contributed by atoms with Gasteiger partial charge in [0.1, 0.15) is 11.5 Å². The van der Waals surface area contributed by atoms with Gasteiger partial charge in [0.15, 0.2) is 0 Å². The number of nitrogens with zero attached hydrogens (tertiary/aromatic N) is 1. The van der Waals surface area contributed by atoms with E-state index in [2.05, 4.69) is 0 Å². The van der Waals surface area contributed by atoms with Crippen molar-refractivity contribution in [2.75, 3.05) is 6.54 Å². The number of alkyl halides is 3. The predicted molar refractivity (Wildman–Crippen MR) is 72.4 cm³/mol. The Morgan fingerprint density at radius 3 is 2.15 bits per heavy atom. The molecule has 0 spiro atoms. The summed E-state index contributed by atoms with van der Waals surface area (Å²) < 4.78 is 37.5. The van der Waals surface area contributed by atoms with E-state index in [1.165, 1.54) is 24.3 Å². The summed E-state index contributed by atoms with van der Waals surface area (Å²) in [5.74, 6) is -0.612. The number of halogens is 3. The average Bonchev–Trinajstić information content (AvgIpc) is 3.18. The van der Waals surface area contributed by atoms with Crippen molar-refractivity contribution in [2.24, 2.45) is 5.73 Å². The fourth-order valence-corrected chi connectivity index (χ4v) is 2.03. The molecular weight excluding hydrogens is 289 g/mol. The Morgan fingerprint density at radius 1 is 1.25 bits per heavy atom. The van der Waals surface area contributed by atoms with E-state index < -0.39 is 18.6 Å². The second kappa shape index (κ2) is 5.40. The number of carbonyl (C=O) groups excluding carboxylic acids is 1. The molecular formula is C13H13F3N2OS. The van der Waals surface area contributed by atoms with Gasteiger partial charge in [-0.25, -0.2) is 0 Å². The molecule has 0 aliphatic heterocycles. The molecule has 20 heavy (non-hydrogen) atoms. The summed E-state index contributed by atoms with van der Waals surface area (Å²) in [7, 11) is 0. The number of benzene rings is 1. The molecule has 1 fully saturated rings. The summed E-state index contributed by atoms with van der Waals surface area (Å²) in [6.45, 7) is -1.21. The summed E-state index contributed by atoms with van der Waals surface area (Å²) in [5, 5.41) is 0. The van der Waals surface area contributed by atoms with Gasteiger partial charge in [0.25, 0.3) is 5.91 Å². The molecule has 0 heterocycles. The lowest BCUT2D eigenvalue weighted by Gasteiger charge is -2.23. The molecule has 0 unspecified atom stereocenters. The van der Waals surface area contributed by atoms with Crippen LogP contribution in [0.2, 0.25) is 0 Å². The van der Waals surface area contributed by atoms with Gasteiger partial charge < -0.3 is 10.6 Å². The topological polar surface area (TPSA) is 46.3 Å². The number of amides is 1. The Bertz CT molecular complexity index is 523. The van der Waals surface area contributed by atoms with Crippen LogP contribution in [0.5, 0.6) is 0 Å². The molecule has 1 aliphatic carbocycles. The zero-order chi connectivity index (χ0) is 14.9. The second-order valence-corrected chi connectivity index (χ2v) is 5.16. The van der Waals surface area contributed by atoms with E-state index in [1.54, 1.807) is 0 Å². The van der Waals surface area contributed by atoms with Gasteiger partial charge in [0.2, 0.25) is 0 Å². The van der Waals surface area contributed by atoms with Crippen LogP contribution in [0.25, 0.3) is 0 Å². The predicted octanol–water partition coefficient (Wildman–Crippen LogP) is 2.49. The van der Waals surface area contributed by atoms with E-state index in [4.69, 9.17) is 18.0 Å². The number of nitrogens with two attached hydrogens (primary N) is 1. The van der Waals surface area contributed by atoms with Gasteiger partial charge in [-0.3, -0.25) is 4.79 Å². The Labute approximate surface area is 119 Å². The van der Waals surface area contributed by atoms with Gasteiger partial charge >= 0.3 is 6.18 Å². The first-order chi connectivity index (χ1) is 9.28. The smallest absolute Gasteiger partial charge is 0.389 e. The standard InChI is InChI=1S/C13H13F3N2OS/c14-13(15,16)7-18(10-5-6-10)12(19)9-3-1-8(2-4-9)11(17)20/h1-4,10H,5-7H2,(H2,17,20). The highest BCUT2D eigenvalue weighted by molar-refractivity contribution is 7.80. The van der Waals surface area contributed by atoms with Crippen LogP contribution in [0.15, 0.2) is 24.3 Å². The van der Waals surface area contributed by atoms with E-state index in [0.29, 0.717) is 18.4 Å². The van der Waals surface area contributed by atoms with Crippen LogP contribution in [-0.4, -0.2) is 34.6 Å². The van der Waals surface area contributed by atoms with Crippen LogP contribution in [0, 0.1) is 0 Å². The molecule has 1 amide bonds. The summed E-state index contributed by atoms with van der Waals surface area (Å²) in [5.41, 5.74) is 6.21. The first kappa shape index (κ1) is 14.8. The molecule has 0 bridgehead atoms. The van der Waals surface area contributed by atoms with Gasteiger partial charge in [-0.15, -0.1) is 0 Å². The van der Waals surface area contributed by atoms with E-state index in [-0.39, 0.29) is 16.6 Å². The maximum atomic E-state index is 12.5. The van der Waals surface area contributed by atoms with E-state index in [9.17, 15) is 18.0 Å². The lowest BCUT2D eigenvalue weighted by atomic mass is 10.1. The molecule has 7 heteroatoms. The molecule has 1 aliphatic rings. The quantitative estimate of drug-likeness (QED) is 0.869. The van der Waals surface area contributed by atoms with Gasteiger partial charge in [-0.2, -0.15) is 13.2 Å². The molecule has 1 aromatic rings. The fourth-order valence-electron chi connectivity index (χ4n) is 1.89.